The minimum absolute atomic E-state index is 0.635. The first-order chi connectivity index (χ1) is 15.6. The van der Waals surface area contributed by atoms with Crippen LogP contribution in [0.3, 0.4) is 0 Å². The van der Waals surface area contributed by atoms with Gasteiger partial charge in [-0.1, -0.05) is 22.8 Å². The maximum absolute atomic E-state index is 5.77. The quantitative estimate of drug-likeness (QED) is 0.721. The molecule has 3 aliphatic rings. The lowest BCUT2D eigenvalue weighted by Gasteiger charge is -2.52. The van der Waals surface area contributed by atoms with E-state index in [1.165, 1.54) is 5.69 Å². The van der Waals surface area contributed by atoms with Crippen molar-refractivity contribution in [2.24, 2.45) is 9.98 Å². The number of ether oxygens (including phenoxy) is 2. The Morgan fingerprint density at radius 2 is 1.78 bits per heavy atom. The van der Waals surface area contributed by atoms with E-state index in [1.807, 2.05) is 6.07 Å². The van der Waals surface area contributed by atoms with E-state index in [-0.39, 0.29) is 0 Å². The van der Waals surface area contributed by atoms with Gasteiger partial charge in [-0.05, 0) is 24.9 Å². The van der Waals surface area contributed by atoms with E-state index in [9.17, 15) is 0 Å². The highest BCUT2D eigenvalue weighted by atomic mass is 32.2. The van der Waals surface area contributed by atoms with Crippen LogP contribution in [0.25, 0.3) is 0 Å². The van der Waals surface area contributed by atoms with Gasteiger partial charge >= 0.3 is 5.17 Å². The first-order valence-electron chi connectivity index (χ1n) is 11.1. The summed E-state index contributed by atoms with van der Waals surface area (Å²) in [6.07, 6.45) is 2.14. The van der Waals surface area contributed by atoms with Crippen molar-refractivity contribution < 1.29 is 14.1 Å². The van der Waals surface area contributed by atoms with Gasteiger partial charge < -0.3 is 14.8 Å². The van der Waals surface area contributed by atoms with Gasteiger partial charge in [-0.15, -0.1) is 4.59 Å². The standard InChI is InChI=1S/C24H31N5O2S/c1-17-21-19(16-20(30-2)22(17)31-3)27-24(32-4)29(15-12-26-23(21)29)28(13-10-25-11-14-28)18-8-6-5-7-9-18/h5-9,16,25H,10-15H2,1-4H3/q+2. The number of methoxy groups -OCH3 is 2. The Morgan fingerprint density at radius 3 is 2.44 bits per heavy atom. The third kappa shape index (κ3) is 2.80. The lowest BCUT2D eigenvalue weighted by molar-refractivity contribution is -0.859. The Labute approximate surface area is 193 Å². The molecule has 1 fully saturated rings. The maximum atomic E-state index is 5.77. The zero-order valence-electron chi connectivity index (χ0n) is 19.2. The van der Waals surface area contributed by atoms with E-state index in [0.717, 1.165) is 77.4 Å². The first kappa shape index (κ1) is 21.5. The van der Waals surface area contributed by atoms with E-state index in [0.29, 0.717) is 10.3 Å². The molecule has 1 N–H and O–H groups in total. The van der Waals surface area contributed by atoms with Gasteiger partial charge in [-0.25, -0.2) is 4.99 Å². The molecule has 5 rings (SSSR count). The van der Waals surface area contributed by atoms with Crippen molar-refractivity contribution in [2.75, 3.05) is 59.7 Å². The van der Waals surface area contributed by atoms with Gasteiger partial charge in [0.1, 0.15) is 19.6 Å². The predicted octanol–water partition coefficient (Wildman–Crippen LogP) is 3.48. The number of para-hydroxylation sites is 1. The summed E-state index contributed by atoms with van der Waals surface area (Å²) < 4.78 is 12.8. The number of fused-ring (bicyclic) bond motifs is 3. The molecule has 3 aliphatic heterocycles. The highest BCUT2D eigenvalue weighted by Crippen LogP contribution is 2.49. The van der Waals surface area contributed by atoms with Crippen molar-refractivity contribution in [3.8, 4) is 11.5 Å². The summed E-state index contributed by atoms with van der Waals surface area (Å²) >= 11 is 1.73. The molecule has 0 saturated carbocycles. The summed E-state index contributed by atoms with van der Waals surface area (Å²) in [7, 11) is 3.37. The van der Waals surface area contributed by atoms with Gasteiger partial charge in [0, 0.05) is 23.8 Å². The first-order valence-corrected chi connectivity index (χ1v) is 12.3. The highest BCUT2D eigenvalue weighted by Gasteiger charge is 2.64. The average Bonchev–Trinajstić information content (AvgIpc) is 3.30. The van der Waals surface area contributed by atoms with Crippen LogP contribution < -0.4 is 19.4 Å². The molecule has 8 heteroatoms. The smallest absolute Gasteiger partial charge is 0.319 e. The molecule has 1 saturated heterocycles. The number of aliphatic imine (C=N–C) groups is 2. The lowest BCUT2D eigenvalue weighted by atomic mass is 10.0. The summed E-state index contributed by atoms with van der Waals surface area (Å²) in [6.45, 7) is 7.65. The second-order valence-electron chi connectivity index (χ2n) is 8.38. The summed E-state index contributed by atoms with van der Waals surface area (Å²) in [5, 5.41) is 4.66. The Hall–Kier alpha value is -2.39. The third-order valence-corrected chi connectivity index (χ3v) is 7.83. The van der Waals surface area contributed by atoms with Gasteiger partial charge in [0.25, 0.3) is 5.84 Å². The minimum Gasteiger partial charge on any atom is -0.493 e. The van der Waals surface area contributed by atoms with E-state index < -0.39 is 0 Å². The van der Waals surface area contributed by atoms with Crippen LogP contribution in [0.4, 0.5) is 11.4 Å². The molecule has 2 aromatic carbocycles. The third-order valence-electron chi connectivity index (χ3n) is 7.07. The van der Waals surface area contributed by atoms with Crippen LogP contribution in [0.2, 0.25) is 0 Å². The van der Waals surface area contributed by atoms with Crippen LogP contribution in [-0.4, -0.2) is 75.3 Å². The Bertz CT molecular complexity index is 1100. The molecule has 0 radical (unpaired) electrons. The number of hydrogen-bond acceptors (Lipinski definition) is 6. The van der Waals surface area contributed by atoms with E-state index >= 15 is 0 Å². The highest BCUT2D eigenvalue weighted by molar-refractivity contribution is 8.12. The van der Waals surface area contributed by atoms with Crippen LogP contribution in [0.15, 0.2) is 46.4 Å². The number of thioether (sulfide) groups is 1. The van der Waals surface area contributed by atoms with Crippen LogP contribution in [-0.2, 0) is 0 Å². The van der Waals surface area contributed by atoms with Gasteiger partial charge in [0.15, 0.2) is 23.7 Å². The topological polar surface area (TPSA) is 55.2 Å². The predicted molar refractivity (Wildman–Crippen MR) is 132 cm³/mol. The van der Waals surface area contributed by atoms with Crippen LogP contribution in [0, 0.1) is 6.92 Å². The van der Waals surface area contributed by atoms with Crippen LogP contribution >= 0.6 is 11.8 Å². The minimum atomic E-state index is 0.635. The normalized spacial score (nSPS) is 23.6. The van der Waals surface area contributed by atoms with E-state index in [2.05, 4.69) is 48.8 Å². The fraction of sp³-hybridized carbons (Fsp3) is 0.417. The fourth-order valence-electron chi connectivity index (χ4n) is 5.69. The van der Waals surface area contributed by atoms with E-state index in [4.69, 9.17) is 19.5 Å². The molecule has 0 aliphatic carbocycles. The molecule has 0 spiro atoms. The van der Waals surface area contributed by atoms with Gasteiger partial charge in [-0.3, -0.25) is 0 Å². The van der Waals surface area contributed by atoms with Gasteiger partial charge in [0.05, 0.1) is 38.6 Å². The average molecular weight is 454 g/mol. The Morgan fingerprint density at radius 1 is 1.03 bits per heavy atom. The van der Waals surface area contributed by atoms with Crippen LogP contribution in [0.1, 0.15) is 11.1 Å². The number of quaternary nitrogens is 2. The number of hydrogen-bond donors (Lipinski definition) is 1. The number of piperazine rings is 1. The molecule has 0 amide bonds. The number of amidine groups is 2. The zero-order valence-corrected chi connectivity index (χ0v) is 20.0. The Kier molecular flexibility index (Phi) is 5.49. The van der Waals surface area contributed by atoms with E-state index in [1.54, 1.807) is 26.0 Å². The van der Waals surface area contributed by atoms with Gasteiger partial charge in [0.2, 0.25) is 0 Å². The monoisotopic (exact) mass is 453 g/mol. The molecule has 0 aromatic heterocycles. The maximum Gasteiger partial charge on any atom is 0.319 e. The molecule has 32 heavy (non-hydrogen) atoms. The number of nitrogens with zero attached hydrogens (tertiary/aromatic N) is 4. The number of benzene rings is 2. The molecule has 3 heterocycles. The second-order valence-corrected chi connectivity index (χ2v) is 9.16. The molecular weight excluding hydrogens is 422 g/mol. The van der Waals surface area contributed by atoms with Crippen LogP contribution in [0.5, 0.6) is 11.5 Å². The van der Waals surface area contributed by atoms with Gasteiger partial charge in [-0.2, -0.15) is 4.99 Å². The molecule has 1 unspecified atom stereocenters. The van der Waals surface area contributed by atoms with Crippen molar-refractivity contribution in [3.05, 3.63) is 47.5 Å². The molecule has 168 valence electrons. The zero-order chi connectivity index (χ0) is 22.3. The Balaban J connectivity index is 1.82. The number of nitrogens with one attached hydrogen (secondary N) is 1. The largest absolute Gasteiger partial charge is 0.493 e. The molecule has 1 atom stereocenters. The number of rotatable bonds is 4. The fourth-order valence-corrected chi connectivity index (χ4v) is 6.51. The van der Waals surface area contributed by atoms with Crippen molar-refractivity contribution in [1.29, 1.82) is 0 Å². The summed E-state index contributed by atoms with van der Waals surface area (Å²) in [6, 6.07) is 12.9. The summed E-state index contributed by atoms with van der Waals surface area (Å²) in [5.41, 5.74) is 4.35. The summed E-state index contributed by atoms with van der Waals surface area (Å²) in [5.74, 6) is 2.57. The molecule has 7 nitrogen and oxygen atoms in total. The van der Waals surface area contributed by atoms with Crippen molar-refractivity contribution in [1.82, 2.24) is 9.91 Å². The van der Waals surface area contributed by atoms with Crippen molar-refractivity contribution >= 4 is 34.1 Å². The second kappa shape index (κ2) is 8.19. The molecule has 2 aromatic rings. The lowest BCUT2D eigenvalue weighted by Crippen LogP contribution is -2.81. The SMILES string of the molecule is COc1cc2c(c(C)c1OC)C1=NCC[N+]1([N+]1(c3ccccc3)CCNCC1)C(SC)=N2. The molecule has 0 bridgehead atoms. The van der Waals surface area contributed by atoms with Crippen molar-refractivity contribution in [2.45, 2.75) is 6.92 Å². The van der Waals surface area contributed by atoms with Crippen molar-refractivity contribution in [3.63, 3.8) is 0 Å². The molecular formula is C24H31N5O2S+2. The summed E-state index contributed by atoms with van der Waals surface area (Å²) in [4.78, 5) is 10.4.